The third-order valence-electron chi connectivity index (χ3n) is 4.94. The van der Waals surface area contributed by atoms with Crippen molar-refractivity contribution in [1.82, 2.24) is 10.6 Å². The van der Waals surface area contributed by atoms with E-state index in [0.29, 0.717) is 11.8 Å². The lowest BCUT2D eigenvalue weighted by atomic mass is 9.92. The summed E-state index contributed by atoms with van der Waals surface area (Å²) in [6, 6.07) is 8.93. The van der Waals surface area contributed by atoms with Crippen LogP contribution in [0.15, 0.2) is 67.2 Å². The van der Waals surface area contributed by atoms with Gasteiger partial charge in [-0.1, -0.05) is 71.2 Å². The molecule has 1 atom stereocenters. The summed E-state index contributed by atoms with van der Waals surface area (Å²) in [5.41, 5.74) is 7.01. The first kappa shape index (κ1) is 20.1. The molecule has 1 aromatic rings. The Morgan fingerprint density at radius 3 is 2.73 bits per heavy atom. The highest BCUT2D eigenvalue weighted by Crippen LogP contribution is 2.26. The van der Waals surface area contributed by atoms with Gasteiger partial charge in [0, 0.05) is 29.6 Å². The maximum atomic E-state index is 4.21. The van der Waals surface area contributed by atoms with Crippen LogP contribution in [0, 0.1) is 11.8 Å². The summed E-state index contributed by atoms with van der Waals surface area (Å²) in [6.45, 7) is 20.0. The molecule has 2 heteroatoms. The van der Waals surface area contributed by atoms with E-state index in [1.165, 1.54) is 29.5 Å². The molecule has 1 saturated heterocycles. The zero-order valence-corrected chi connectivity index (χ0v) is 16.7. The van der Waals surface area contributed by atoms with E-state index >= 15 is 0 Å². The maximum absolute atomic E-state index is 4.21. The highest BCUT2D eigenvalue weighted by molar-refractivity contribution is 5.69. The lowest BCUT2D eigenvalue weighted by molar-refractivity contribution is 0.644. The predicted octanol–water partition coefficient (Wildman–Crippen LogP) is 5.81. The molecule has 1 aliphatic rings. The van der Waals surface area contributed by atoms with Crippen molar-refractivity contribution in [3.8, 4) is 0 Å². The van der Waals surface area contributed by atoms with Gasteiger partial charge in [-0.05, 0) is 48.0 Å². The maximum Gasteiger partial charge on any atom is 0.0311 e. The van der Waals surface area contributed by atoms with Crippen LogP contribution >= 0.6 is 0 Å². The number of unbranched alkanes of at least 4 members (excludes halogenated alkanes) is 1. The normalized spacial score (nSPS) is 17.3. The Hall–Kier alpha value is -2.22. The molecule has 1 aliphatic heterocycles. The van der Waals surface area contributed by atoms with Gasteiger partial charge in [-0.2, -0.15) is 0 Å². The molecule has 2 rings (SSSR count). The molecule has 2 nitrogen and oxygen atoms in total. The minimum absolute atomic E-state index is 0.382. The van der Waals surface area contributed by atoms with Crippen molar-refractivity contribution in [1.29, 1.82) is 0 Å². The van der Waals surface area contributed by atoms with Gasteiger partial charge in [0.05, 0.1) is 0 Å². The first-order valence-electron chi connectivity index (χ1n) is 9.78. The number of rotatable bonds is 9. The molecule has 1 heterocycles. The molecule has 1 fully saturated rings. The van der Waals surface area contributed by atoms with Crippen molar-refractivity contribution in [3.63, 3.8) is 0 Å². The third kappa shape index (κ3) is 5.66. The van der Waals surface area contributed by atoms with Crippen LogP contribution in [-0.2, 0) is 6.42 Å². The van der Waals surface area contributed by atoms with Gasteiger partial charge in [0.25, 0.3) is 0 Å². The molecule has 0 saturated carbocycles. The Kier molecular flexibility index (Phi) is 7.32. The fourth-order valence-corrected chi connectivity index (χ4v) is 3.36. The summed E-state index contributed by atoms with van der Waals surface area (Å²) < 4.78 is 0. The first-order valence-corrected chi connectivity index (χ1v) is 9.78. The average molecular weight is 351 g/mol. The monoisotopic (exact) mass is 350 g/mol. The summed E-state index contributed by atoms with van der Waals surface area (Å²) in [6.07, 6.45) is 6.72. The van der Waals surface area contributed by atoms with Crippen LogP contribution in [0.3, 0.4) is 0 Å². The number of nitrogens with one attached hydrogen (secondary N) is 2. The zero-order valence-electron chi connectivity index (χ0n) is 16.7. The summed E-state index contributed by atoms with van der Waals surface area (Å²) in [4.78, 5) is 0. The van der Waals surface area contributed by atoms with Crippen LogP contribution in [0.4, 0.5) is 0 Å². The van der Waals surface area contributed by atoms with Crippen LogP contribution in [0.5, 0.6) is 0 Å². The Labute approximate surface area is 159 Å². The second-order valence-corrected chi connectivity index (χ2v) is 7.62. The minimum Gasteiger partial charge on any atom is -0.388 e. The van der Waals surface area contributed by atoms with E-state index in [-0.39, 0.29) is 0 Å². The highest BCUT2D eigenvalue weighted by Gasteiger charge is 2.20. The lowest BCUT2D eigenvalue weighted by Crippen LogP contribution is -2.20. The van der Waals surface area contributed by atoms with E-state index in [1.807, 2.05) is 0 Å². The average Bonchev–Trinajstić information content (AvgIpc) is 3.04. The third-order valence-corrected chi connectivity index (χ3v) is 4.94. The second kappa shape index (κ2) is 9.47. The molecule has 2 N–H and O–H groups in total. The smallest absolute Gasteiger partial charge is 0.0311 e. The molecule has 0 aromatic heterocycles. The minimum atomic E-state index is 0.382. The number of benzene rings is 1. The molecule has 140 valence electrons. The van der Waals surface area contributed by atoms with Gasteiger partial charge >= 0.3 is 0 Å². The summed E-state index contributed by atoms with van der Waals surface area (Å²) in [7, 11) is 0. The van der Waals surface area contributed by atoms with E-state index in [4.69, 9.17) is 0 Å². The quantitative estimate of drug-likeness (QED) is 0.549. The van der Waals surface area contributed by atoms with Crippen LogP contribution in [0.25, 0.3) is 5.57 Å². The highest BCUT2D eigenvalue weighted by atomic mass is 15.0. The van der Waals surface area contributed by atoms with Crippen LogP contribution < -0.4 is 10.6 Å². The molecular weight excluding hydrogens is 316 g/mol. The Bertz CT molecular complexity index is 694. The van der Waals surface area contributed by atoms with Gasteiger partial charge in [0.2, 0.25) is 0 Å². The van der Waals surface area contributed by atoms with Crippen molar-refractivity contribution < 1.29 is 0 Å². The lowest BCUT2D eigenvalue weighted by Gasteiger charge is -2.18. The van der Waals surface area contributed by atoms with E-state index < -0.39 is 0 Å². The van der Waals surface area contributed by atoms with Crippen molar-refractivity contribution >= 4 is 5.57 Å². The zero-order chi connectivity index (χ0) is 19.1. The molecule has 1 aromatic carbocycles. The van der Waals surface area contributed by atoms with Gasteiger partial charge in [0.1, 0.15) is 0 Å². The molecule has 26 heavy (non-hydrogen) atoms. The van der Waals surface area contributed by atoms with E-state index in [2.05, 4.69) is 81.5 Å². The van der Waals surface area contributed by atoms with Crippen LogP contribution in [0.1, 0.15) is 51.2 Å². The Balaban J connectivity index is 2.11. The fraction of sp³-hybridized carbons (Fsp3) is 0.417. The van der Waals surface area contributed by atoms with Gasteiger partial charge in [-0.3, -0.25) is 0 Å². The fourth-order valence-electron chi connectivity index (χ4n) is 3.36. The van der Waals surface area contributed by atoms with Crippen molar-refractivity contribution in [2.24, 2.45) is 11.8 Å². The molecular formula is C24H34N2. The number of hydrogen-bond acceptors (Lipinski definition) is 2. The molecule has 0 bridgehead atoms. The predicted molar refractivity (Wildman–Crippen MR) is 115 cm³/mol. The summed E-state index contributed by atoms with van der Waals surface area (Å²) in [5.74, 6) is 0.809. The molecule has 0 amide bonds. The topological polar surface area (TPSA) is 24.1 Å². The van der Waals surface area contributed by atoms with Gasteiger partial charge in [-0.25, -0.2) is 0 Å². The second-order valence-electron chi connectivity index (χ2n) is 7.62. The number of hydrogen-bond donors (Lipinski definition) is 2. The summed E-state index contributed by atoms with van der Waals surface area (Å²) >= 11 is 0. The van der Waals surface area contributed by atoms with E-state index in [9.17, 15) is 0 Å². The first-order chi connectivity index (χ1) is 12.4. The Morgan fingerprint density at radius 1 is 1.35 bits per heavy atom. The molecule has 0 radical (unpaired) electrons. The van der Waals surface area contributed by atoms with Crippen molar-refractivity contribution in [3.05, 3.63) is 78.3 Å². The standard InChI is InChI=1S/C24H34N2/c1-7-8-10-21-11-9-12-22(15-21)24(17(2)3)14-19(5)26-20(6)23-13-18(4)25-16-23/h9,11-12,14-15,17,23,25-26H,4-8,10,13,16H2,1-3H3/b24-14+. The number of allylic oxidation sites excluding steroid dienone is 3. The van der Waals surface area contributed by atoms with Gasteiger partial charge < -0.3 is 10.6 Å². The molecule has 1 unspecified atom stereocenters. The van der Waals surface area contributed by atoms with Gasteiger partial charge in [0.15, 0.2) is 0 Å². The van der Waals surface area contributed by atoms with E-state index in [1.54, 1.807) is 0 Å². The SMILES string of the molecule is C=C(/C=C(/c1cccc(CCCC)c1)C(C)C)NC(=C)C1CNC(=C)C1. The van der Waals surface area contributed by atoms with E-state index in [0.717, 1.165) is 36.5 Å². The van der Waals surface area contributed by atoms with Crippen LogP contribution in [0.2, 0.25) is 0 Å². The molecule has 0 aliphatic carbocycles. The largest absolute Gasteiger partial charge is 0.388 e. The van der Waals surface area contributed by atoms with Crippen molar-refractivity contribution in [2.45, 2.75) is 46.5 Å². The van der Waals surface area contributed by atoms with Crippen molar-refractivity contribution in [2.75, 3.05) is 6.54 Å². The van der Waals surface area contributed by atoms with Crippen LogP contribution in [-0.4, -0.2) is 6.54 Å². The van der Waals surface area contributed by atoms with Gasteiger partial charge in [-0.15, -0.1) is 0 Å². The Morgan fingerprint density at radius 2 is 2.12 bits per heavy atom. The summed E-state index contributed by atoms with van der Waals surface area (Å²) in [5, 5.41) is 6.69. The molecule has 0 spiro atoms. The number of aryl methyl sites for hydroxylation is 1.